The van der Waals surface area contributed by atoms with E-state index in [0.717, 1.165) is 9.87 Å². The van der Waals surface area contributed by atoms with Gasteiger partial charge in [-0.3, -0.25) is 14.2 Å². The molecule has 0 atom stereocenters. The second-order valence-corrected chi connectivity index (χ2v) is 10.1. The van der Waals surface area contributed by atoms with Crippen LogP contribution in [0.1, 0.15) is 18.1 Å². The van der Waals surface area contributed by atoms with E-state index in [4.69, 9.17) is 4.42 Å². The van der Waals surface area contributed by atoms with Crippen molar-refractivity contribution in [3.8, 4) is 0 Å². The first-order valence-corrected chi connectivity index (χ1v) is 11.7. The number of aromatic nitrogens is 2. The maximum atomic E-state index is 13.1. The van der Waals surface area contributed by atoms with Gasteiger partial charge in [-0.1, -0.05) is 12.1 Å². The quantitative estimate of drug-likeness (QED) is 0.326. The molecular weight excluding hydrogens is 446 g/mol. The van der Waals surface area contributed by atoms with E-state index in [0.29, 0.717) is 22.0 Å². The molecule has 33 heavy (non-hydrogen) atoms. The smallest absolute Gasteiger partial charge is 0.336 e. The Kier molecular flexibility index (Phi) is 5.59. The third-order valence-electron chi connectivity index (χ3n) is 5.61. The molecule has 9 nitrogen and oxygen atoms in total. The lowest BCUT2D eigenvalue weighted by atomic mass is 10.1. The lowest BCUT2D eigenvalue weighted by molar-refractivity contribution is 0.521. The Morgan fingerprint density at radius 3 is 2.27 bits per heavy atom. The Balaban J connectivity index is 2.06. The fraction of sp³-hybridized carbons (Fsp3) is 0.261. The molecule has 2 heterocycles. The van der Waals surface area contributed by atoms with Gasteiger partial charge in [0.1, 0.15) is 5.58 Å². The van der Waals surface area contributed by atoms with Crippen LogP contribution in [0.2, 0.25) is 0 Å². The number of benzene rings is 2. The van der Waals surface area contributed by atoms with Crippen molar-refractivity contribution in [1.82, 2.24) is 13.4 Å². The first-order valence-electron chi connectivity index (χ1n) is 10.3. The largest absolute Gasteiger partial charge is 0.423 e. The molecule has 0 unspecified atom stereocenters. The van der Waals surface area contributed by atoms with Crippen LogP contribution in [-0.2, 0) is 23.1 Å². The van der Waals surface area contributed by atoms with Gasteiger partial charge in [0.2, 0.25) is 10.0 Å². The lowest BCUT2D eigenvalue weighted by Crippen LogP contribution is -2.41. The Hall–Kier alpha value is -3.50. The fourth-order valence-corrected chi connectivity index (χ4v) is 4.80. The SMILES string of the molecule is CCn1c(=O)c(=O)n(Cc2cc(=O)oc3cc(C)ccc23)c2cc(S(=O)(=O)N(C)C)ccc21. The van der Waals surface area contributed by atoms with Gasteiger partial charge in [-0.05, 0) is 49.2 Å². The molecule has 0 radical (unpaired) electrons. The molecule has 0 fully saturated rings. The van der Waals surface area contributed by atoms with E-state index in [2.05, 4.69) is 0 Å². The van der Waals surface area contributed by atoms with Crippen LogP contribution in [0.4, 0.5) is 0 Å². The molecule has 0 N–H and O–H groups in total. The van der Waals surface area contributed by atoms with Crippen LogP contribution in [0.25, 0.3) is 22.0 Å². The standard InChI is InChI=1S/C23H23N3O6S/c1-5-25-18-9-7-16(33(30,31)24(3)4)12-19(18)26(23(29)22(25)28)13-15-11-21(27)32-20-10-14(2)6-8-17(15)20/h6-12H,5,13H2,1-4H3. The topological polar surface area (TPSA) is 112 Å². The molecule has 0 aliphatic carbocycles. The average molecular weight is 470 g/mol. The number of nitrogens with zero attached hydrogens (tertiary/aromatic N) is 3. The summed E-state index contributed by atoms with van der Waals surface area (Å²) in [6, 6.07) is 10.9. The summed E-state index contributed by atoms with van der Waals surface area (Å²) in [4.78, 5) is 38.1. The van der Waals surface area contributed by atoms with E-state index >= 15 is 0 Å². The minimum absolute atomic E-state index is 0.0116. The minimum atomic E-state index is -3.78. The molecule has 4 rings (SSSR count). The number of aryl methyl sites for hydroxylation is 2. The van der Waals surface area contributed by atoms with E-state index in [-0.39, 0.29) is 23.5 Å². The molecular formula is C23H23N3O6S. The van der Waals surface area contributed by atoms with Crippen LogP contribution >= 0.6 is 0 Å². The van der Waals surface area contributed by atoms with Gasteiger partial charge in [0.25, 0.3) is 0 Å². The van der Waals surface area contributed by atoms with Gasteiger partial charge >= 0.3 is 16.7 Å². The van der Waals surface area contributed by atoms with Crippen molar-refractivity contribution in [2.24, 2.45) is 0 Å². The third kappa shape index (κ3) is 3.81. The zero-order valence-corrected chi connectivity index (χ0v) is 19.5. The number of hydrogen-bond donors (Lipinski definition) is 0. The van der Waals surface area contributed by atoms with Crippen LogP contribution in [-0.4, -0.2) is 36.0 Å². The van der Waals surface area contributed by atoms with Crippen molar-refractivity contribution in [2.45, 2.75) is 31.8 Å². The van der Waals surface area contributed by atoms with Gasteiger partial charge in [-0.25, -0.2) is 17.5 Å². The molecule has 10 heteroatoms. The number of rotatable bonds is 5. The van der Waals surface area contributed by atoms with Gasteiger partial charge in [-0.2, -0.15) is 0 Å². The highest BCUT2D eigenvalue weighted by atomic mass is 32.2. The molecule has 0 amide bonds. The Morgan fingerprint density at radius 2 is 1.61 bits per heavy atom. The molecule has 0 saturated carbocycles. The molecule has 0 spiro atoms. The second-order valence-electron chi connectivity index (χ2n) is 7.97. The van der Waals surface area contributed by atoms with Crippen molar-refractivity contribution in [3.05, 3.63) is 84.7 Å². The predicted octanol–water partition coefficient (Wildman–Crippen LogP) is 1.90. The highest BCUT2D eigenvalue weighted by molar-refractivity contribution is 7.89. The van der Waals surface area contributed by atoms with Gasteiger partial charge in [-0.15, -0.1) is 0 Å². The molecule has 0 saturated heterocycles. The van der Waals surface area contributed by atoms with Gasteiger partial charge in [0.15, 0.2) is 0 Å². The van der Waals surface area contributed by atoms with Crippen LogP contribution in [0.5, 0.6) is 0 Å². The first kappa shape index (κ1) is 22.7. The van der Waals surface area contributed by atoms with Crippen LogP contribution in [0.3, 0.4) is 0 Å². The maximum absolute atomic E-state index is 13.1. The zero-order valence-electron chi connectivity index (χ0n) is 18.7. The highest BCUT2D eigenvalue weighted by Gasteiger charge is 2.21. The molecule has 4 aromatic rings. The van der Waals surface area contributed by atoms with Crippen molar-refractivity contribution < 1.29 is 12.8 Å². The Labute approximate surface area is 189 Å². The van der Waals surface area contributed by atoms with Crippen LogP contribution in [0.15, 0.2) is 66.2 Å². The summed E-state index contributed by atoms with van der Waals surface area (Å²) in [6.07, 6.45) is 0. The van der Waals surface area contributed by atoms with Crippen LogP contribution < -0.4 is 16.7 Å². The summed E-state index contributed by atoms with van der Waals surface area (Å²) in [5, 5.41) is 0.622. The summed E-state index contributed by atoms with van der Waals surface area (Å²) in [5.41, 5.74) is 0.328. The summed E-state index contributed by atoms with van der Waals surface area (Å²) < 4.78 is 34.3. The number of sulfonamides is 1. The van der Waals surface area contributed by atoms with Crippen molar-refractivity contribution in [3.63, 3.8) is 0 Å². The summed E-state index contributed by atoms with van der Waals surface area (Å²) in [6.45, 7) is 3.72. The fourth-order valence-electron chi connectivity index (χ4n) is 3.88. The van der Waals surface area contributed by atoms with Crippen LogP contribution in [0, 0.1) is 6.92 Å². The normalized spacial score (nSPS) is 12.2. The van der Waals surface area contributed by atoms with Crippen molar-refractivity contribution in [1.29, 1.82) is 0 Å². The third-order valence-corrected chi connectivity index (χ3v) is 7.42. The number of fused-ring (bicyclic) bond motifs is 2. The Bertz CT molecular complexity index is 1690. The molecule has 0 aliphatic heterocycles. The second kappa shape index (κ2) is 8.13. The van der Waals surface area contributed by atoms with E-state index in [9.17, 15) is 22.8 Å². The van der Waals surface area contributed by atoms with Gasteiger partial charge < -0.3 is 8.98 Å². The predicted molar refractivity (Wildman–Crippen MR) is 125 cm³/mol. The van der Waals surface area contributed by atoms with E-state index < -0.39 is 26.8 Å². The van der Waals surface area contributed by atoms with Gasteiger partial charge in [0, 0.05) is 32.1 Å². The monoisotopic (exact) mass is 469 g/mol. The van der Waals surface area contributed by atoms with Crippen molar-refractivity contribution in [2.75, 3.05) is 14.1 Å². The highest BCUT2D eigenvalue weighted by Crippen LogP contribution is 2.23. The molecule has 2 aromatic carbocycles. The Morgan fingerprint density at radius 1 is 0.909 bits per heavy atom. The molecule has 0 bridgehead atoms. The summed E-state index contributed by atoms with van der Waals surface area (Å²) in [7, 11) is -0.954. The molecule has 2 aromatic heterocycles. The minimum Gasteiger partial charge on any atom is -0.423 e. The zero-order chi connectivity index (χ0) is 24.1. The average Bonchev–Trinajstić information content (AvgIpc) is 2.76. The van der Waals surface area contributed by atoms with E-state index in [1.807, 2.05) is 13.0 Å². The molecule has 0 aliphatic rings. The van der Waals surface area contributed by atoms with Gasteiger partial charge in [0.05, 0.1) is 22.5 Å². The van der Waals surface area contributed by atoms with E-state index in [1.165, 1.54) is 47.5 Å². The van der Waals surface area contributed by atoms with Crippen molar-refractivity contribution >= 4 is 32.0 Å². The molecule has 172 valence electrons. The summed E-state index contributed by atoms with van der Waals surface area (Å²) in [5.74, 6) is 0. The maximum Gasteiger partial charge on any atom is 0.336 e. The number of hydrogen-bond acceptors (Lipinski definition) is 6. The van der Waals surface area contributed by atoms with E-state index in [1.54, 1.807) is 19.1 Å². The summed E-state index contributed by atoms with van der Waals surface area (Å²) >= 11 is 0. The first-order chi connectivity index (χ1) is 15.5. The lowest BCUT2D eigenvalue weighted by Gasteiger charge is -2.17.